The van der Waals surface area contributed by atoms with Crippen molar-refractivity contribution >= 4 is 10.0 Å². The van der Waals surface area contributed by atoms with Crippen LogP contribution in [-0.2, 0) is 14.8 Å². The van der Waals surface area contributed by atoms with Crippen LogP contribution in [0, 0.1) is 19.3 Å². The first kappa shape index (κ1) is 17.7. The number of piperidine rings is 1. The number of benzene rings is 1. The number of aryl methyl sites for hydroxylation is 1. The van der Waals surface area contributed by atoms with Crippen LogP contribution in [0.3, 0.4) is 0 Å². The minimum Gasteiger partial charge on any atom is -0.381 e. The number of para-hydroxylation sites is 1. The number of ether oxygens (including phenoxy) is 1. The number of hydrogen-bond acceptors (Lipinski definition) is 4. The molecule has 26 heavy (non-hydrogen) atoms. The summed E-state index contributed by atoms with van der Waals surface area (Å²) >= 11 is 0. The first-order chi connectivity index (χ1) is 12.4. The highest BCUT2D eigenvalue weighted by Crippen LogP contribution is 2.40. The average Bonchev–Trinajstić information content (AvgIpc) is 3.20. The number of hydrogen-bond donors (Lipinski definition) is 0. The van der Waals surface area contributed by atoms with E-state index in [0.717, 1.165) is 31.6 Å². The second kappa shape index (κ2) is 6.48. The van der Waals surface area contributed by atoms with Crippen molar-refractivity contribution in [3.8, 4) is 5.69 Å². The third kappa shape index (κ3) is 2.88. The van der Waals surface area contributed by atoms with E-state index in [2.05, 4.69) is 5.10 Å². The van der Waals surface area contributed by atoms with Crippen molar-refractivity contribution in [3.63, 3.8) is 0 Å². The smallest absolute Gasteiger partial charge is 0.246 e. The summed E-state index contributed by atoms with van der Waals surface area (Å²) in [6.45, 7) is 6.12. The summed E-state index contributed by atoms with van der Waals surface area (Å²) < 4.78 is 35.8. The molecule has 0 N–H and O–H groups in total. The Morgan fingerprint density at radius 2 is 1.92 bits per heavy atom. The molecule has 1 aromatic carbocycles. The van der Waals surface area contributed by atoms with Crippen molar-refractivity contribution in [1.82, 2.24) is 14.1 Å². The van der Waals surface area contributed by atoms with Crippen molar-refractivity contribution in [3.05, 3.63) is 41.7 Å². The Hall–Kier alpha value is -1.70. The fraction of sp³-hybridized carbons (Fsp3) is 0.526. The van der Waals surface area contributed by atoms with Gasteiger partial charge < -0.3 is 4.74 Å². The molecule has 0 aliphatic carbocycles. The van der Waals surface area contributed by atoms with Gasteiger partial charge >= 0.3 is 0 Å². The van der Waals surface area contributed by atoms with Crippen LogP contribution in [0.4, 0.5) is 0 Å². The van der Waals surface area contributed by atoms with Crippen LogP contribution in [0.2, 0.25) is 0 Å². The van der Waals surface area contributed by atoms with Crippen LogP contribution >= 0.6 is 0 Å². The maximum atomic E-state index is 13.4. The van der Waals surface area contributed by atoms with E-state index in [1.54, 1.807) is 15.9 Å². The topological polar surface area (TPSA) is 64.4 Å². The lowest BCUT2D eigenvalue weighted by atomic mass is 9.80. The second-order valence-electron chi connectivity index (χ2n) is 7.49. The van der Waals surface area contributed by atoms with E-state index in [1.807, 2.05) is 37.3 Å². The van der Waals surface area contributed by atoms with Crippen LogP contribution in [0.15, 0.2) is 35.2 Å². The summed E-state index contributed by atoms with van der Waals surface area (Å²) in [4.78, 5) is 0.345. The van der Waals surface area contributed by atoms with Crippen LogP contribution in [0.25, 0.3) is 5.69 Å². The standard InChI is InChI=1S/C19H25N3O3S/c1-15-18(16(2)22(20-15)17-7-4-3-5-8-17)26(23,24)21-11-6-9-19(13-21)10-12-25-14-19/h3-5,7-8H,6,9-14H2,1-2H3. The Morgan fingerprint density at radius 1 is 1.15 bits per heavy atom. The molecule has 1 atom stereocenters. The number of rotatable bonds is 3. The average molecular weight is 375 g/mol. The molecular weight excluding hydrogens is 350 g/mol. The lowest BCUT2D eigenvalue weighted by Crippen LogP contribution is -2.46. The third-order valence-corrected chi connectivity index (χ3v) is 7.73. The molecule has 0 radical (unpaired) electrons. The van der Waals surface area contributed by atoms with Gasteiger partial charge in [-0.15, -0.1) is 0 Å². The predicted octanol–water partition coefficient (Wildman–Crippen LogP) is 2.68. The van der Waals surface area contributed by atoms with E-state index in [9.17, 15) is 8.42 Å². The van der Waals surface area contributed by atoms with Crippen molar-refractivity contribution in [2.24, 2.45) is 5.41 Å². The van der Waals surface area contributed by atoms with Crippen LogP contribution in [0.1, 0.15) is 30.7 Å². The van der Waals surface area contributed by atoms with Gasteiger partial charge in [-0.3, -0.25) is 0 Å². The minimum absolute atomic E-state index is 0.0114. The van der Waals surface area contributed by atoms with E-state index in [-0.39, 0.29) is 5.41 Å². The van der Waals surface area contributed by atoms with Gasteiger partial charge in [-0.2, -0.15) is 9.40 Å². The molecule has 2 aliphatic rings. The fourth-order valence-corrected chi connectivity index (χ4v) is 6.24. The zero-order valence-corrected chi connectivity index (χ0v) is 16.1. The molecule has 6 nitrogen and oxygen atoms in total. The molecule has 1 unspecified atom stereocenters. The SMILES string of the molecule is Cc1nn(-c2ccccc2)c(C)c1S(=O)(=O)N1CCCC2(CCOC2)C1. The number of sulfonamides is 1. The van der Waals surface area contributed by atoms with Crippen LogP contribution < -0.4 is 0 Å². The van der Waals surface area contributed by atoms with Crippen molar-refractivity contribution < 1.29 is 13.2 Å². The number of nitrogens with zero attached hydrogens (tertiary/aromatic N) is 3. The Morgan fingerprint density at radius 3 is 2.62 bits per heavy atom. The number of aromatic nitrogens is 2. The van der Waals surface area contributed by atoms with E-state index in [4.69, 9.17) is 4.74 Å². The van der Waals surface area contributed by atoms with E-state index in [0.29, 0.717) is 36.0 Å². The Labute approximate surface area is 154 Å². The van der Waals surface area contributed by atoms with Crippen LogP contribution in [-0.4, -0.2) is 48.8 Å². The highest BCUT2D eigenvalue weighted by Gasteiger charge is 2.43. The molecule has 0 bridgehead atoms. The normalized spacial score (nSPS) is 24.4. The van der Waals surface area contributed by atoms with Gasteiger partial charge in [0.1, 0.15) is 4.90 Å². The maximum Gasteiger partial charge on any atom is 0.246 e. The van der Waals surface area contributed by atoms with Gasteiger partial charge in [0.15, 0.2) is 0 Å². The molecule has 2 saturated heterocycles. The zero-order chi connectivity index (χ0) is 18.4. The Kier molecular flexibility index (Phi) is 4.41. The highest BCUT2D eigenvalue weighted by molar-refractivity contribution is 7.89. The summed E-state index contributed by atoms with van der Waals surface area (Å²) in [6, 6.07) is 9.65. The van der Waals surface area contributed by atoms with Gasteiger partial charge in [-0.1, -0.05) is 18.2 Å². The van der Waals surface area contributed by atoms with Gasteiger partial charge in [0.25, 0.3) is 0 Å². The minimum atomic E-state index is -3.58. The summed E-state index contributed by atoms with van der Waals surface area (Å²) in [7, 11) is -3.58. The Bertz CT molecular complexity index is 900. The van der Waals surface area contributed by atoms with Crippen LogP contribution in [0.5, 0.6) is 0 Å². The van der Waals surface area contributed by atoms with Crippen molar-refractivity contribution in [2.75, 3.05) is 26.3 Å². The van der Waals surface area contributed by atoms with E-state index >= 15 is 0 Å². The quantitative estimate of drug-likeness (QED) is 0.827. The third-order valence-electron chi connectivity index (χ3n) is 5.63. The van der Waals surface area contributed by atoms with Gasteiger partial charge in [-0.25, -0.2) is 13.1 Å². The summed E-state index contributed by atoms with van der Waals surface area (Å²) in [5, 5.41) is 4.52. The molecule has 3 heterocycles. The van der Waals surface area contributed by atoms with Gasteiger partial charge in [-0.05, 0) is 45.2 Å². The molecule has 7 heteroatoms. The zero-order valence-electron chi connectivity index (χ0n) is 15.3. The molecule has 0 amide bonds. The molecule has 1 spiro atoms. The van der Waals surface area contributed by atoms with E-state index < -0.39 is 10.0 Å². The Balaban J connectivity index is 1.71. The lowest BCUT2D eigenvalue weighted by molar-refractivity contribution is 0.105. The first-order valence-electron chi connectivity index (χ1n) is 9.13. The van der Waals surface area contributed by atoms with Gasteiger partial charge in [0.2, 0.25) is 10.0 Å². The summed E-state index contributed by atoms with van der Waals surface area (Å²) in [5.74, 6) is 0. The fourth-order valence-electron chi connectivity index (χ4n) is 4.29. The van der Waals surface area contributed by atoms with Crippen molar-refractivity contribution in [2.45, 2.75) is 38.0 Å². The summed E-state index contributed by atoms with van der Waals surface area (Å²) in [5.41, 5.74) is 2.07. The first-order valence-corrected chi connectivity index (χ1v) is 10.6. The molecule has 4 rings (SSSR count). The second-order valence-corrected chi connectivity index (χ2v) is 9.37. The largest absolute Gasteiger partial charge is 0.381 e. The maximum absolute atomic E-state index is 13.4. The van der Waals surface area contributed by atoms with Gasteiger partial charge in [0.05, 0.1) is 23.7 Å². The molecule has 1 aromatic heterocycles. The predicted molar refractivity (Wildman–Crippen MR) is 98.9 cm³/mol. The molecular formula is C19H25N3O3S. The molecule has 2 aromatic rings. The molecule has 2 aliphatic heterocycles. The summed E-state index contributed by atoms with van der Waals surface area (Å²) in [6.07, 6.45) is 2.87. The molecule has 2 fully saturated rings. The monoisotopic (exact) mass is 375 g/mol. The van der Waals surface area contributed by atoms with Crippen molar-refractivity contribution in [1.29, 1.82) is 0 Å². The van der Waals surface area contributed by atoms with E-state index in [1.165, 1.54) is 0 Å². The molecule has 0 saturated carbocycles. The molecule has 140 valence electrons. The highest BCUT2D eigenvalue weighted by atomic mass is 32.2. The lowest BCUT2D eigenvalue weighted by Gasteiger charge is -2.38. The van der Waals surface area contributed by atoms with Gasteiger partial charge in [0, 0.05) is 25.1 Å².